The molecular weight excluding hydrogens is 677 g/mol. The Bertz CT molecular complexity index is 3450. The van der Waals surface area contributed by atoms with Gasteiger partial charge in [0.15, 0.2) is 17.5 Å². The van der Waals surface area contributed by atoms with Gasteiger partial charge in [0.05, 0.1) is 11.0 Å². The van der Waals surface area contributed by atoms with Crippen LogP contribution >= 0.6 is 0 Å². The van der Waals surface area contributed by atoms with Gasteiger partial charge in [-0.15, -0.1) is 0 Å². The Kier molecular flexibility index (Phi) is 6.24. The molecule has 6 nitrogen and oxygen atoms in total. The van der Waals surface area contributed by atoms with E-state index in [-0.39, 0.29) is 0 Å². The fraction of sp³-hybridized carbons (Fsp3) is 0. The summed E-state index contributed by atoms with van der Waals surface area (Å²) in [5, 5.41) is 8.82. The lowest BCUT2D eigenvalue weighted by Crippen LogP contribution is -2.00. The van der Waals surface area contributed by atoms with Crippen molar-refractivity contribution in [3.8, 4) is 39.9 Å². The molecule has 12 aromatic rings. The van der Waals surface area contributed by atoms with Crippen LogP contribution in [0.25, 0.3) is 116 Å². The van der Waals surface area contributed by atoms with Crippen LogP contribution in [0.2, 0.25) is 0 Å². The summed E-state index contributed by atoms with van der Waals surface area (Å²) in [6, 6.07) is 58.5. The second-order valence-corrected chi connectivity index (χ2v) is 14.0. The minimum Gasteiger partial charge on any atom is -0.456 e. The van der Waals surface area contributed by atoms with Gasteiger partial charge in [-0.05, 0) is 59.3 Å². The Hall–Kier alpha value is -7.57. The first kappa shape index (κ1) is 29.9. The van der Waals surface area contributed by atoms with Crippen molar-refractivity contribution >= 4 is 76.5 Å². The van der Waals surface area contributed by atoms with Gasteiger partial charge in [0, 0.05) is 60.8 Å². The van der Waals surface area contributed by atoms with Crippen LogP contribution in [0.15, 0.2) is 179 Å². The highest BCUT2D eigenvalue weighted by atomic mass is 16.3. The molecule has 0 fully saturated rings. The Balaban J connectivity index is 1.08. The summed E-state index contributed by atoms with van der Waals surface area (Å²) in [5.41, 5.74) is 9.22. The highest BCUT2D eigenvalue weighted by Crippen LogP contribution is 2.42. The van der Waals surface area contributed by atoms with Crippen molar-refractivity contribution in [3.05, 3.63) is 170 Å². The molecule has 256 valence electrons. The van der Waals surface area contributed by atoms with E-state index in [1.807, 2.05) is 54.6 Å². The Morgan fingerprint density at radius 1 is 0.345 bits per heavy atom. The molecule has 0 amide bonds. The van der Waals surface area contributed by atoms with E-state index in [0.717, 1.165) is 88.1 Å². The second-order valence-electron chi connectivity index (χ2n) is 14.0. The van der Waals surface area contributed by atoms with Crippen LogP contribution in [0.3, 0.4) is 0 Å². The largest absolute Gasteiger partial charge is 0.456 e. The van der Waals surface area contributed by atoms with Crippen LogP contribution in [0.1, 0.15) is 0 Å². The molecule has 0 bridgehead atoms. The van der Waals surface area contributed by atoms with Gasteiger partial charge in [0.25, 0.3) is 0 Å². The third kappa shape index (κ3) is 4.52. The molecule has 0 aliphatic carbocycles. The molecule has 0 aliphatic heterocycles. The van der Waals surface area contributed by atoms with Crippen LogP contribution in [-0.4, -0.2) is 19.5 Å². The van der Waals surface area contributed by atoms with Crippen molar-refractivity contribution < 1.29 is 8.83 Å². The molecule has 0 aliphatic rings. The van der Waals surface area contributed by atoms with Crippen LogP contribution in [-0.2, 0) is 0 Å². The molecule has 0 N–H and O–H groups in total. The molecule has 0 unspecified atom stereocenters. The van der Waals surface area contributed by atoms with E-state index in [1.165, 1.54) is 10.8 Å². The Morgan fingerprint density at radius 3 is 1.69 bits per heavy atom. The van der Waals surface area contributed by atoms with Crippen LogP contribution in [0.4, 0.5) is 0 Å². The van der Waals surface area contributed by atoms with Crippen LogP contribution in [0.5, 0.6) is 0 Å². The van der Waals surface area contributed by atoms with Crippen molar-refractivity contribution in [3.63, 3.8) is 0 Å². The van der Waals surface area contributed by atoms with Crippen molar-refractivity contribution in [2.75, 3.05) is 0 Å². The number of para-hydroxylation sites is 3. The van der Waals surface area contributed by atoms with Crippen molar-refractivity contribution in [2.24, 2.45) is 0 Å². The van der Waals surface area contributed by atoms with Gasteiger partial charge < -0.3 is 13.4 Å². The van der Waals surface area contributed by atoms with E-state index in [9.17, 15) is 0 Å². The van der Waals surface area contributed by atoms with E-state index >= 15 is 0 Å². The second kappa shape index (κ2) is 11.5. The zero-order valence-corrected chi connectivity index (χ0v) is 29.3. The minimum atomic E-state index is 0.566. The maximum Gasteiger partial charge on any atom is 0.164 e. The van der Waals surface area contributed by atoms with Crippen molar-refractivity contribution in [1.29, 1.82) is 0 Å². The number of furan rings is 2. The average Bonchev–Trinajstić information content (AvgIpc) is 3.92. The molecule has 4 aromatic heterocycles. The highest BCUT2D eigenvalue weighted by molar-refractivity contribution is 6.22. The zero-order valence-electron chi connectivity index (χ0n) is 29.3. The molecule has 0 spiro atoms. The molecule has 55 heavy (non-hydrogen) atoms. The summed E-state index contributed by atoms with van der Waals surface area (Å²) < 4.78 is 15.4. The normalized spacial score (nSPS) is 12.0. The molecule has 0 saturated carbocycles. The lowest BCUT2D eigenvalue weighted by atomic mass is 9.98. The quantitative estimate of drug-likeness (QED) is 0.182. The number of rotatable bonds is 4. The SMILES string of the molecule is c1ccc(-c2nc(-c3ccc4c(c3)oc3ccccc34)nc(-c3cc4oc5cc(-n6c7ccccc7c7ccccc76)ccc5c4c4ccccc34)n2)cc1. The van der Waals surface area contributed by atoms with Gasteiger partial charge in [-0.25, -0.2) is 15.0 Å². The van der Waals surface area contributed by atoms with Crippen LogP contribution < -0.4 is 0 Å². The van der Waals surface area contributed by atoms with Crippen molar-refractivity contribution in [2.45, 2.75) is 0 Å². The monoisotopic (exact) mass is 704 g/mol. The molecule has 12 rings (SSSR count). The van der Waals surface area contributed by atoms with Gasteiger partial charge in [0.2, 0.25) is 0 Å². The Labute approximate surface area is 313 Å². The number of hydrogen-bond acceptors (Lipinski definition) is 5. The summed E-state index contributed by atoms with van der Waals surface area (Å²) in [6.45, 7) is 0. The minimum absolute atomic E-state index is 0.566. The third-order valence-corrected chi connectivity index (χ3v) is 10.8. The smallest absolute Gasteiger partial charge is 0.164 e. The predicted molar refractivity (Wildman–Crippen MR) is 223 cm³/mol. The van der Waals surface area contributed by atoms with E-state index in [1.54, 1.807) is 0 Å². The van der Waals surface area contributed by atoms with Gasteiger partial charge in [0.1, 0.15) is 22.3 Å². The highest BCUT2D eigenvalue weighted by Gasteiger charge is 2.20. The molecule has 8 aromatic carbocycles. The topological polar surface area (TPSA) is 69.9 Å². The van der Waals surface area contributed by atoms with Crippen molar-refractivity contribution in [1.82, 2.24) is 19.5 Å². The Morgan fingerprint density at radius 2 is 0.909 bits per heavy atom. The number of benzene rings is 8. The van der Waals surface area contributed by atoms with E-state index < -0.39 is 0 Å². The van der Waals surface area contributed by atoms with E-state index in [0.29, 0.717) is 17.5 Å². The summed E-state index contributed by atoms with van der Waals surface area (Å²) in [4.78, 5) is 15.3. The fourth-order valence-corrected chi connectivity index (χ4v) is 8.36. The first-order valence-electron chi connectivity index (χ1n) is 18.4. The first-order valence-corrected chi connectivity index (χ1v) is 18.4. The van der Waals surface area contributed by atoms with E-state index in [4.69, 9.17) is 23.8 Å². The molecule has 0 radical (unpaired) electrons. The zero-order chi connectivity index (χ0) is 36.0. The van der Waals surface area contributed by atoms with Gasteiger partial charge >= 0.3 is 0 Å². The molecular formula is C49H28N4O2. The molecule has 0 saturated heterocycles. The summed E-state index contributed by atoms with van der Waals surface area (Å²) in [5.74, 6) is 1.73. The lowest BCUT2D eigenvalue weighted by molar-refractivity contribution is 0.668. The lowest BCUT2D eigenvalue weighted by Gasteiger charge is -2.11. The fourth-order valence-electron chi connectivity index (χ4n) is 8.36. The van der Waals surface area contributed by atoms with E-state index in [2.05, 4.69) is 120 Å². The standard InChI is InChI=1S/C49H28N4O2/c1-2-12-29(13-3-1)47-50-48(30-22-24-36-35-17-8-11-21-42(35)54-43(36)26-30)52-49(51-47)39-28-45-46(37-18-5-4-14-32(37)39)38-25-23-31(27-44(38)55-45)53-40-19-9-6-15-33(40)34-16-7-10-20-41(34)53/h1-28H. The average molecular weight is 705 g/mol. The maximum absolute atomic E-state index is 6.80. The predicted octanol–water partition coefficient (Wildman–Crippen LogP) is 12.9. The summed E-state index contributed by atoms with van der Waals surface area (Å²) in [7, 11) is 0. The van der Waals surface area contributed by atoms with Gasteiger partial charge in [-0.3, -0.25) is 0 Å². The number of hydrogen-bond donors (Lipinski definition) is 0. The number of aromatic nitrogens is 4. The number of fused-ring (bicyclic) bond motifs is 11. The summed E-state index contributed by atoms with van der Waals surface area (Å²) in [6.07, 6.45) is 0. The third-order valence-electron chi connectivity index (χ3n) is 10.8. The summed E-state index contributed by atoms with van der Waals surface area (Å²) >= 11 is 0. The maximum atomic E-state index is 6.80. The first-order chi connectivity index (χ1) is 27.2. The van der Waals surface area contributed by atoms with Gasteiger partial charge in [-0.1, -0.05) is 115 Å². The molecule has 4 heterocycles. The molecule has 6 heteroatoms. The molecule has 0 atom stereocenters. The number of nitrogens with zero attached hydrogens (tertiary/aromatic N) is 4. The van der Waals surface area contributed by atoms with Gasteiger partial charge in [-0.2, -0.15) is 0 Å². The van der Waals surface area contributed by atoms with Crippen LogP contribution in [0, 0.1) is 0 Å².